The number of hydrogen-bond donors (Lipinski definition) is 3. The van der Waals surface area contributed by atoms with Gasteiger partial charge in [-0.3, -0.25) is 15.1 Å². The van der Waals surface area contributed by atoms with Crippen LogP contribution in [0.4, 0.5) is 10.3 Å². The molecule has 0 radical (unpaired) electrons. The molecule has 2 atom stereocenters. The number of aliphatic hydroxyl groups excluding tert-OH is 1. The minimum absolute atomic E-state index is 0.0749. The molecule has 13 heteroatoms. The highest BCUT2D eigenvalue weighted by Gasteiger charge is 2.30. The van der Waals surface area contributed by atoms with Crippen LogP contribution in [0.5, 0.6) is 11.8 Å². The quantitative estimate of drug-likeness (QED) is 0.571. The predicted octanol–water partition coefficient (Wildman–Crippen LogP) is 0.180. The summed E-state index contributed by atoms with van der Waals surface area (Å²) >= 11 is 0. The van der Waals surface area contributed by atoms with E-state index in [4.69, 9.17) is 14.6 Å². The van der Waals surface area contributed by atoms with E-state index in [0.717, 1.165) is 19.2 Å². The summed E-state index contributed by atoms with van der Waals surface area (Å²) in [7, 11) is -1.88. The third kappa shape index (κ3) is 4.68. The lowest BCUT2D eigenvalue weighted by Crippen LogP contribution is -2.26. The summed E-state index contributed by atoms with van der Waals surface area (Å²) in [5.41, 5.74) is -1.06. The first-order valence-corrected chi connectivity index (χ1v) is 9.25. The molecule has 2 rings (SSSR count). The molecule has 0 aliphatic carbocycles. The molecule has 152 valence electrons. The SMILES string of the molecule is COc1cc(OC)nc(NC(=O)c2ccnc(C(O)C(C)F)c2S(N)(=O)=O)n1. The number of pyridine rings is 1. The molecule has 0 bridgehead atoms. The van der Waals surface area contributed by atoms with Gasteiger partial charge in [-0.15, -0.1) is 0 Å². The Kier molecular flexibility index (Phi) is 6.43. The molecule has 0 saturated carbocycles. The van der Waals surface area contributed by atoms with Crippen molar-refractivity contribution in [2.45, 2.75) is 24.1 Å². The van der Waals surface area contributed by atoms with Crippen molar-refractivity contribution >= 4 is 21.9 Å². The predicted molar refractivity (Wildman–Crippen MR) is 94.2 cm³/mol. The second-order valence-electron chi connectivity index (χ2n) is 5.47. The normalized spacial score (nSPS) is 13.5. The highest BCUT2D eigenvalue weighted by atomic mass is 32.2. The first kappa shape index (κ1) is 21.4. The number of sulfonamides is 1. The molecule has 0 saturated heterocycles. The Hall–Kier alpha value is -2.90. The largest absolute Gasteiger partial charge is 0.481 e. The Labute approximate surface area is 159 Å². The third-order valence-corrected chi connectivity index (χ3v) is 4.50. The molecule has 2 aromatic heterocycles. The zero-order chi connectivity index (χ0) is 21.1. The number of anilines is 1. The van der Waals surface area contributed by atoms with Crippen molar-refractivity contribution in [3.63, 3.8) is 0 Å². The number of halogens is 1. The Morgan fingerprint density at radius 3 is 2.32 bits per heavy atom. The second kappa shape index (κ2) is 8.41. The zero-order valence-corrected chi connectivity index (χ0v) is 15.9. The maximum Gasteiger partial charge on any atom is 0.259 e. The van der Waals surface area contributed by atoms with Gasteiger partial charge in [-0.25, -0.2) is 17.9 Å². The van der Waals surface area contributed by atoms with Gasteiger partial charge in [-0.05, 0) is 13.0 Å². The lowest BCUT2D eigenvalue weighted by atomic mass is 10.1. The van der Waals surface area contributed by atoms with E-state index in [-0.39, 0.29) is 17.7 Å². The first-order chi connectivity index (χ1) is 13.1. The number of hydrogen-bond acceptors (Lipinski definition) is 9. The van der Waals surface area contributed by atoms with Crippen molar-refractivity contribution in [1.29, 1.82) is 0 Å². The van der Waals surface area contributed by atoms with Gasteiger partial charge in [0.15, 0.2) is 0 Å². The minimum Gasteiger partial charge on any atom is -0.481 e. The van der Waals surface area contributed by atoms with E-state index in [1.165, 1.54) is 20.3 Å². The topological polar surface area (TPSA) is 167 Å². The molecular formula is C15H18FN5O6S. The molecule has 2 heterocycles. The number of nitrogens with two attached hydrogens (primary N) is 1. The molecule has 0 aliphatic heterocycles. The van der Waals surface area contributed by atoms with Crippen molar-refractivity contribution in [3.8, 4) is 11.8 Å². The van der Waals surface area contributed by atoms with Gasteiger partial charge in [0.05, 0.1) is 31.5 Å². The third-order valence-electron chi connectivity index (χ3n) is 3.50. The number of aromatic nitrogens is 3. The molecular weight excluding hydrogens is 397 g/mol. The van der Waals surface area contributed by atoms with Gasteiger partial charge < -0.3 is 14.6 Å². The highest BCUT2D eigenvalue weighted by molar-refractivity contribution is 7.89. The maximum absolute atomic E-state index is 13.5. The fraction of sp³-hybridized carbons (Fsp3) is 0.333. The van der Waals surface area contributed by atoms with Crippen molar-refractivity contribution in [3.05, 3.63) is 29.6 Å². The van der Waals surface area contributed by atoms with Crippen LogP contribution in [0, 0.1) is 0 Å². The van der Waals surface area contributed by atoms with Crippen LogP contribution in [0.15, 0.2) is 23.2 Å². The average molecular weight is 415 g/mol. The van der Waals surface area contributed by atoms with E-state index < -0.39 is 44.4 Å². The van der Waals surface area contributed by atoms with Crippen LogP contribution in [0.2, 0.25) is 0 Å². The molecule has 28 heavy (non-hydrogen) atoms. The standard InChI is InChI=1S/C15H18FN5O6S/c1-7(16)12(22)11-13(28(17,24)25)8(4-5-18-11)14(23)21-15-19-9(26-2)6-10(20-15)27-3/h4-7,12,22H,1-3H3,(H2,17,24,25)(H,19,20,21,23). The van der Waals surface area contributed by atoms with Gasteiger partial charge >= 0.3 is 0 Å². The van der Waals surface area contributed by atoms with Crippen molar-refractivity contribution in [1.82, 2.24) is 15.0 Å². The Balaban J connectivity index is 2.53. The second-order valence-corrected chi connectivity index (χ2v) is 6.97. The van der Waals surface area contributed by atoms with Gasteiger partial charge in [-0.2, -0.15) is 9.97 Å². The number of amides is 1. The van der Waals surface area contributed by atoms with Crippen LogP contribution in [0.1, 0.15) is 29.1 Å². The van der Waals surface area contributed by atoms with Crippen molar-refractivity contribution in [2.75, 3.05) is 19.5 Å². The Bertz CT molecular complexity index is 963. The molecule has 2 aromatic rings. The van der Waals surface area contributed by atoms with Gasteiger partial charge in [0, 0.05) is 6.20 Å². The summed E-state index contributed by atoms with van der Waals surface area (Å²) in [6.45, 7) is 1.00. The first-order valence-electron chi connectivity index (χ1n) is 7.70. The van der Waals surface area contributed by atoms with Crippen LogP contribution < -0.4 is 19.9 Å². The van der Waals surface area contributed by atoms with Crippen LogP contribution in [0.25, 0.3) is 0 Å². The van der Waals surface area contributed by atoms with E-state index >= 15 is 0 Å². The number of rotatable bonds is 7. The Morgan fingerprint density at radius 1 is 1.29 bits per heavy atom. The number of nitrogens with zero attached hydrogens (tertiary/aromatic N) is 3. The fourth-order valence-electron chi connectivity index (χ4n) is 2.21. The number of aliphatic hydroxyl groups is 1. The Morgan fingerprint density at radius 2 is 1.86 bits per heavy atom. The molecule has 0 fully saturated rings. The molecule has 0 aromatic carbocycles. The minimum atomic E-state index is -4.55. The summed E-state index contributed by atoms with van der Waals surface area (Å²) < 4.78 is 47.5. The fourth-order valence-corrected chi connectivity index (χ4v) is 3.14. The molecule has 11 nitrogen and oxygen atoms in total. The van der Waals surface area contributed by atoms with Crippen LogP contribution in [-0.4, -0.2) is 54.8 Å². The summed E-state index contributed by atoms with van der Waals surface area (Å²) in [5, 5.41) is 17.4. The van der Waals surface area contributed by atoms with Gasteiger partial charge in [0.2, 0.25) is 27.7 Å². The lowest BCUT2D eigenvalue weighted by molar-refractivity contribution is 0.0816. The molecule has 0 aliphatic rings. The van der Waals surface area contributed by atoms with E-state index in [2.05, 4.69) is 20.3 Å². The monoisotopic (exact) mass is 415 g/mol. The number of primary sulfonamides is 1. The zero-order valence-electron chi connectivity index (χ0n) is 15.1. The average Bonchev–Trinajstić information content (AvgIpc) is 2.65. The maximum atomic E-state index is 13.5. The van der Waals surface area contributed by atoms with Crippen molar-refractivity contribution in [2.24, 2.45) is 5.14 Å². The van der Waals surface area contributed by atoms with E-state index in [9.17, 15) is 22.7 Å². The number of nitrogens with one attached hydrogen (secondary N) is 1. The van der Waals surface area contributed by atoms with E-state index in [1.54, 1.807) is 0 Å². The number of alkyl halides is 1. The van der Waals surface area contributed by atoms with Gasteiger partial charge in [0.25, 0.3) is 5.91 Å². The molecule has 2 unspecified atom stereocenters. The number of carbonyl (C=O) groups is 1. The van der Waals surface area contributed by atoms with Crippen molar-refractivity contribution < 1.29 is 32.2 Å². The highest BCUT2D eigenvalue weighted by Crippen LogP contribution is 2.27. The molecule has 1 amide bonds. The summed E-state index contributed by atoms with van der Waals surface area (Å²) in [6.07, 6.45) is -2.73. The molecule has 0 spiro atoms. The van der Waals surface area contributed by atoms with E-state index in [0.29, 0.717) is 0 Å². The van der Waals surface area contributed by atoms with Crippen LogP contribution >= 0.6 is 0 Å². The summed E-state index contributed by atoms with van der Waals surface area (Å²) in [5.74, 6) is -1.09. The smallest absolute Gasteiger partial charge is 0.259 e. The number of ether oxygens (including phenoxy) is 2. The molecule has 4 N–H and O–H groups in total. The van der Waals surface area contributed by atoms with Gasteiger partial charge in [-0.1, -0.05) is 0 Å². The summed E-state index contributed by atoms with van der Waals surface area (Å²) in [4.78, 5) is 23.3. The number of carbonyl (C=O) groups excluding carboxylic acids is 1. The lowest BCUT2D eigenvalue weighted by Gasteiger charge is -2.17. The van der Waals surface area contributed by atoms with E-state index in [1.807, 2.05) is 0 Å². The van der Waals surface area contributed by atoms with Crippen LogP contribution in [0.3, 0.4) is 0 Å². The summed E-state index contributed by atoms with van der Waals surface area (Å²) in [6, 6.07) is 2.40. The van der Waals surface area contributed by atoms with Crippen LogP contribution in [-0.2, 0) is 10.0 Å². The number of methoxy groups -OCH3 is 2. The van der Waals surface area contributed by atoms with Gasteiger partial charge in [0.1, 0.15) is 17.2 Å².